The highest BCUT2D eigenvalue weighted by atomic mass is 32.2. The lowest BCUT2D eigenvalue weighted by Gasteiger charge is -2.37. The maximum Gasteiger partial charge on any atom is 0.129 e. The number of hydrogen-bond acceptors (Lipinski definition) is 4. The molecule has 6 nitrogen and oxygen atoms in total. The molecule has 0 radical (unpaired) electrons. The molecule has 158 valence electrons. The Labute approximate surface area is 171 Å². The summed E-state index contributed by atoms with van der Waals surface area (Å²) in [5.74, 6) is -0.618. The van der Waals surface area contributed by atoms with E-state index in [1.54, 1.807) is 17.0 Å². The number of halogens is 2. The van der Waals surface area contributed by atoms with Gasteiger partial charge in [0.25, 0.3) is 0 Å². The van der Waals surface area contributed by atoms with Crippen molar-refractivity contribution in [3.63, 3.8) is 0 Å². The summed E-state index contributed by atoms with van der Waals surface area (Å²) in [7, 11) is -1.18. The van der Waals surface area contributed by atoms with Crippen LogP contribution in [0.5, 0.6) is 0 Å². The van der Waals surface area contributed by atoms with E-state index in [0.717, 1.165) is 25.0 Å². The fraction of sp³-hybridized carbons (Fsp3) is 0.600. The van der Waals surface area contributed by atoms with Crippen molar-refractivity contribution in [1.29, 1.82) is 0 Å². The van der Waals surface area contributed by atoms with E-state index in [-0.39, 0.29) is 29.8 Å². The molecule has 0 amide bonds. The number of aliphatic hydroxyl groups is 1. The summed E-state index contributed by atoms with van der Waals surface area (Å²) in [4.78, 5) is 0. The summed E-state index contributed by atoms with van der Waals surface area (Å²) in [6.45, 7) is 2.06. The van der Waals surface area contributed by atoms with E-state index in [0.29, 0.717) is 31.4 Å². The van der Waals surface area contributed by atoms with E-state index in [4.69, 9.17) is 0 Å². The van der Waals surface area contributed by atoms with Crippen molar-refractivity contribution < 1.29 is 18.1 Å². The predicted molar refractivity (Wildman–Crippen MR) is 105 cm³/mol. The van der Waals surface area contributed by atoms with Gasteiger partial charge in [0.15, 0.2) is 0 Å². The van der Waals surface area contributed by atoms with Gasteiger partial charge in [0.2, 0.25) is 0 Å². The number of nitrogens with zero attached hydrogens (tertiary/aromatic N) is 4. The SMILES string of the molecule is C[C@H]1CCCS(=O)N1Cc1cc(F)c(C2(O)CCC(n3cnnc3)CC2)cc1F. The molecular weight excluding hydrogens is 398 g/mol. The lowest BCUT2D eigenvalue weighted by atomic mass is 9.77. The van der Waals surface area contributed by atoms with Crippen LogP contribution in [0, 0.1) is 11.6 Å². The molecule has 1 aliphatic heterocycles. The molecule has 0 bridgehead atoms. The van der Waals surface area contributed by atoms with Crippen LogP contribution in [-0.2, 0) is 23.1 Å². The molecule has 1 saturated heterocycles. The van der Waals surface area contributed by atoms with E-state index >= 15 is 0 Å². The molecule has 2 atom stereocenters. The van der Waals surface area contributed by atoms with Crippen LogP contribution in [0.1, 0.15) is 62.6 Å². The average Bonchev–Trinajstić information content (AvgIpc) is 3.22. The number of benzene rings is 1. The minimum absolute atomic E-state index is 0.00812. The molecule has 4 rings (SSSR count). The maximum absolute atomic E-state index is 14.9. The lowest BCUT2D eigenvalue weighted by Crippen LogP contribution is -2.39. The molecule has 2 heterocycles. The summed E-state index contributed by atoms with van der Waals surface area (Å²) in [6.07, 6.45) is 6.95. The first kappa shape index (κ1) is 20.6. The second-order valence-electron chi connectivity index (χ2n) is 8.19. The highest BCUT2D eigenvalue weighted by Crippen LogP contribution is 2.42. The predicted octanol–water partition coefficient (Wildman–Crippen LogP) is 3.21. The third-order valence-electron chi connectivity index (χ3n) is 6.30. The molecule has 1 aliphatic carbocycles. The van der Waals surface area contributed by atoms with Gasteiger partial charge in [0.05, 0.1) is 16.6 Å². The summed E-state index contributed by atoms with van der Waals surface area (Å²) in [6, 6.07) is 2.49. The smallest absolute Gasteiger partial charge is 0.129 e. The summed E-state index contributed by atoms with van der Waals surface area (Å²) >= 11 is 0. The van der Waals surface area contributed by atoms with Crippen molar-refractivity contribution in [2.45, 2.75) is 69.7 Å². The van der Waals surface area contributed by atoms with Crippen molar-refractivity contribution >= 4 is 11.0 Å². The second-order valence-corrected chi connectivity index (χ2v) is 9.71. The number of aromatic nitrogens is 3. The van der Waals surface area contributed by atoms with E-state index in [1.165, 1.54) is 0 Å². The molecule has 9 heteroatoms. The maximum atomic E-state index is 14.9. The van der Waals surface area contributed by atoms with Gasteiger partial charge in [-0.15, -0.1) is 10.2 Å². The Morgan fingerprint density at radius 1 is 1.17 bits per heavy atom. The Hall–Kier alpha value is -1.71. The van der Waals surface area contributed by atoms with Crippen molar-refractivity contribution in [3.8, 4) is 0 Å². The van der Waals surface area contributed by atoms with Gasteiger partial charge < -0.3 is 9.67 Å². The zero-order valence-corrected chi connectivity index (χ0v) is 17.2. The molecule has 1 aromatic carbocycles. The average molecular weight is 425 g/mol. The monoisotopic (exact) mass is 424 g/mol. The molecule has 1 unspecified atom stereocenters. The number of hydrogen-bond donors (Lipinski definition) is 1. The summed E-state index contributed by atoms with van der Waals surface area (Å²) in [5, 5.41) is 18.7. The Kier molecular flexibility index (Phi) is 5.81. The van der Waals surface area contributed by atoms with Crippen LogP contribution >= 0.6 is 0 Å². The minimum atomic E-state index is -1.39. The molecule has 2 fully saturated rings. The van der Waals surface area contributed by atoms with Crippen molar-refractivity contribution in [1.82, 2.24) is 19.1 Å². The van der Waals surface area contributed by atoms with Gasteiger partial charge in [-0.1, -0.05) is 0 Å². The van der Waals surface area contributed by atoms with Crippen molar-refractivity contribution in [2.75, 3.05) is 5.75 Å². The second kappa shape index (κ2) is 8.20. The van der Waals surface area contributed by atoms with E-state index in [2.05, 4.69) is 10.2 Å². The number of rotatable bonds is 4. The quantitative estimate of drug-likeness (QED) is 0.818. The van der Waals surface area contributed by atoms with Crippen LogP contribution in [0.3, 0.4) is 0 Å². The fourth-order valence-electron chi connectivity index (χ4n) is 4.47. The van der Waals surface area contributed by atoms with Gasteiger partial charge in [-0.2, -0.15) is 0 Å². The first-order valence-electron chi connectivity index (χ1n) is 10.1. The molecule has 29 heavy (non-hydrogen) atoms. The zero-order valence-electron chi connectivity index (χ0n) is 16.4. The standard InChI is InChI=1S/C20H26F2N4O2S/c1-14-3-2-8-29(28)26(14)11-15-9-19(22)17(10-18(15)21)20(27)6-4-16(5-7-20)25-12-23-24-13-25/h9-10,12-14,16,27H,2-8,11H2,1H3/t14-,16?,20?,29?/m0/s1. The topological polar surface area (TPSA) is 71.2 Å². The zero-order chi connectivity index (χ0) is 20.6. The molecular formula is C20H26F2N4O2S. The molecule has 1 saturated carbocycles. The normalized spacial score (nSPS) is 31.1. The largest absolute Gasteiger partial charge is 0.385 e. The van der Waals surface area contributed by atoms with Crippen LogP contribution < -0.4 is 0 Å². The van der Waals surface area contributed by atoms with Crippen LogP contribution in [-0.4, -0.2) is 40.2 Å². The Bertz CT molecular complexity index is 885. The van der Waals surface area contributed by atoms with Gasteiger partial charge in [0.1, 0.15) is 24.3 Å². The Morgan fingerprint density at radius 2 is 1.86 bits per heavy atom. The highest BCUT2D eigenvalue weighted by Gasteiger charge is 2.38. The van der Waals surface area contributed by atoms with Gasteiger partial charge in [-0.25, -0.2) is 17.3 Å². The van der Waals surface area contributed by atoms with Crippen LogP contribution in [0.15, 0.2) is 24.8 Å². The van der Waals surface area contributed by atoms with Gasteiger partial charge >= 0.3 is 0 Å². The van der Waals surface area contributed by atoms with Crippen molar-refractivity contribution in [3.05, 3.63) is 47.5 Å². The highest BCUT2D eigenvalue weighted by molar-refractivity contribution is 7.82. The third-order valence-corrected chi connectivity index (χ3v) is 7.95. The third kappa shape index (κ3) is 4.13. The van der Waals surface area contributed by atoms with Gasteiger partial charge in [-0.05, 0) is 57.6 Å². The lowest BCUT2D eigenvalue weighted by molar-refractivity contribution is -0.0155. The minimum Gasteiger partial charge on any atom is -0.385 e. The molecule has 2 aromatic rings. The van der Waals surface area contributed by atoms with E-state index in [1.807, 2.05) is 11.5 Å². The first-order chi connectivity index (χ1) is 13.9. The van der Waals surface area contributed by atoms with Gasteiger partial charge in [-0.3, -0.25) is 0 Å². The van der Waals surface area contributed by atoms with E-state index in [9.17, 15) is 18.1 Å². The fourth-order valence-corrected chi connectivity index (χ4v) is 5.91. The molecule has 1 aromatic heterocycles. The Balaban J connectivity index is 1.52. The molecule has 1 N–H and O–H groups in total. The van der Waals surface area contributed by atoms with E-state index < -0.39 is 28.2 Å². The van der Waals surface area contributed by atoms with Crippen molar-refractivity contribution in [2.24, 2.45) is 0 Å². The van der Waals surface area contributed by atoms with Crippen LogP contribution in [0.25, 0.3) is 0 Å². The Morgan fingerprint density at radius 3 is 2.52 bits per heavy atom. The molecule has 0 spiro atoms. The summed E-state index contributed by atoms with van der Waals surface area (Å²) < 4.78 is 45.7. The first-order valence-corrected chi connectivity index (χ1v) is 11.3. The van der Waals surface area contributed by atoms with Crippen LogP contribution in [0.2, 0.25) is 0 Å². The van der Waals surface area contributed by atoms with Gasteiger partial charge in [0, 0.05) is 35.5 Å². The van der Waals surface area contributed by atoms with Crippen LogP contribution in [0.4, 0.5) is 8.78 Å². The molecule has 2 aliphatic rings. The summed E-state index contributed by atoms with van der Waals surface area (Å²) in [5.41, 5.74) is -1.21.